The van der Waals surface area contributed by atoms with Crippen molar-refractivity contribution in [3.05, 3.63) is 12.2 Å². The van der Waals surface area contributed by atoms with E-state index in [1.54, 1.807) is 0 Å². The maximum absolute atomic E-state index is 11.5. The molecule has 1 atom stereocenters. The predicted molar refractivity (Wildman–Crippen MR) is 101 cm³/mol. The quantitative estimate of drug-likeness (QED) is 0.231. The van der Waals surface area contributed by atoms with Gasteiger partial charge >= 0.3 is 11.9 Å². The number of allylic oxidation sites excluding steroid dienone is 1. The smallest absolute Gasteiger partial charge is 0.306 e. The average Bonchev–Trinajstić information content (AvgIpc) is 2.64. The topological polar surface area (TPSA) is 93.1 Å². The molecule has 0 saturated carbocycles. The minimum Gasteiger partial charge on any atom is -0.466 e. The maximum atomic E-state index is 11.5. The van der Waals surface area contributed by atoms with Crippen molar-refractivity contribution in [1.29, 1.82) is 0 Å². The van der Waals surface area contributed by atoms with Crippen LogP contribution in [0, 0.1) is 0 Å². The third-order valence-electron chi connectivity index (χ3n) is 3.91. The molecule has 6 heteroatoms. The molecule has 0 amide bonds. The fourth-order valence-corrected chi connectivity index (χ4v) is 2.34. The summed E-state index contributed by atoms with van der Waals surface area (Å²) in [5, 5.41) is 18.2. The van der Waals surface area contributed by atoms with E-state index in [-0.39, 0.29) is 32.7 Å². The molecule has 0 bridgehead atoms. The van der Waals surface area contributed by atoms with Gasteiger partial charge in [-0.1, -0.05) is 38.3 Å². The van der Waals surface area contributed by atoms with Crippen LogP contribution in [0.1, 0.15) is 77.6 Å². The summed E-state index contributed by atoms with van der Waals surface area (Å²) < 4.78 is 10.0. The summed E-state index contributed by atoms with van der Waals surface area (Å²) in [7, 11) is 0. The fourth-order valence-electron chi connectivity index (χ4n) is 2.34. The first kappa shape index (κ1) is 24.6. The van der Waals surface area contributed by atoms with Crippen molar-refractivity contribution in [2.75, 3.05) is 19.8 Å². The molecule has 2 N–H and O–H groups in total. The van der Waals surface area contributed by atoms with Crippen LogP contribution in [0.3, 0.4) is 0 Å². The third-order valence-corrected chi connectivity index (χ3v) is 3.91. The average molecular weight is 373 g/mol. The van der Waals surface area contributed by atoms with Gasteiger partial charge in [-0.05, 0) is 38.5 Å². The lowest BCUT2D eigenvalue weighted by molar-refractivity contribution is -0.149. The van der Waals surface area contributed by atoms with Gasteiger partial charge in [-0.15, -0.1) is 0 Å². The van der Waals surface area contributed by atoms with Gasteiger partial charge in [0.1, 0.15) is 6.61 Å². The second-order valence-corrected chi connectivity index (χ2v) is 6.39. The van der Waals surface area contributed by atoms with Gasteiger partial charge in [-0.25, -0.2) is 0 Å². The number of ether oxygens (including phenoxy) is 2. The van der Waals surface area contributed by atoms with Gasteiger partial charge in [0, 0.05) is 6.61 Å². The van der Waals surface area contributed by atoms with Crippen molar-refractivity contribution in [2.45, 2.75) is 83.7 Å². The van der Waals surface area contributed by atoms with E-state index >= 15 is 0 Å². The fraction of sp³-hybridized carbons (Fsp3) is 0.800. The number of carbonyl (C=O) groups is 2. The number of aliphatic hydroxyl groups excluding tert-OH is 2. The zero-order chi connectivity index (χ0) is 19.5. The Balaban J connectivity index is 3.52. The van der Waals surface area contributed by atoms with Crippen molar-refractivity contribution in [3.63, 3.8) is 0 Å². The SMILES string of the molecule is CCCCCCC=CCOC(=O)CCC(=O)OCCCC(O)CCCO. The van der Waals surface area contributed by atoms with E-state index in [2.05, 4.69) is 6.92 Å². The zero-order valence-corrected chi connectivity index (χ0v) is 16.2. The first-order valence-corrected chi connectivity index (χ1v) is 9.85. The summed E-state index contributed by atoms with van der Waals surface area (Å²) in [6, 6.07) is 0. The van der Waals surface area contributed by atoms with Gasteiger partial charge < -0.3 is 19.7 Å². The first-order valence-electron chi connectivity index (χ1n) is 9.85. The predicted octanol–water partition coefficient (Wildman–Crippen LogP) is 3.29. The van der Waals surface area contributed by atoms with E-state index in [0.717, 1.165) is 12.8 Å². The van der Waals surface area contributed by atoms with Crippen LogP contribution < -0.4 is 0 Å². The molecule has 0 aromatic rings. The highest BCUT2D eigenvalue weighted by Gasteiger charge is 2.09. The Labute approximate surface area is 157 Å². The molecular formula is C20H36O6. The van der Waals surface area contributed by atoms with Crippen molar-refractivity contribution >= 4 is 11.9 Å². The van der Waals surface area contributed by atoms with Crippen molar-refractivity contribution in [3.8, 4) is 0 Å². The molecule has 0 aromatic heterocycles. The second kappa shape index (κ2) is 18.4. The summed E-state index contributed by atoms with van der Waals surface area (Å²) in [6.45, 7) is 2.71. The van der Waals surface area contributed by atoms with E-state index in [0.29, 0.717) is 25.7 Å². The van der Waals surface area contributed by atoms with Crippen molar-refractivity contribution < 1.29 is 29.3 Å². The molecular weight excluding hydrogens is 336 g/mol. The minimum absolute atomic E-state index is 0.00658. The molecule has 0 radical (unpaired) electrons. The van der Waals surface area contributed by atoms with Crippen LogP contribution in [0.15, 0.2) is 12.2 Å². The number of hydrogen-bond donors (Lipinski definition) is 2. The van der Waals surface area contributed by atoms with Gasteiger partial charge in [0.25, 0.3) is 0 Å². The van der Waals surface area contributed by atoms with E-state index in [4.69, 9.17) is 14.6 Å². The molecule has 0 spiro atoms. The van der Waals surface area contributed by atoms with Crippen molar-refractivity contribution in [1.82, 2.24) is 0 Å². The Morgan fingerprint density at radius 1 is 0.923 bits per heavy atom. The number of unbranched alkanes of at least 4 members (excludes halogenated alkanes) is 4. The van der Waals surface area contributed by atoms with E-state index in [1.165, 1.54) is 19.3 Å². The van der Waals surface area contributed by atoms with E-state index in [1.807, 2.05) is 12.2 Å². The number of hydrogen-bond acceptors (Lipinski definition) is 6. The van der Waals surface area contributed by atoms with Gasteiger partial charge in [-0.3, -0.25) is 9.59 Å². The summed E-state index contributed by atoms with van der Waals surface area (Å²) in [5.74, 6) is -0.838. The van der Waals surface area contributed by atoms with Gasteiger partial charge in [0.2, 0.25) is 0 Å². The summed E-state index contributed by atoms with van der Waals surface area (Å²) in [6.07, 6.45) is 11.5. The minimum atomic E-state index is -0.476. The molecule has 0 aromatic carbocycles. The maximum Gasteiger partial charge on any atom is 0.306 e. The normalized spacial score (nSPS) is 12.3. The molecule has 1 unspecified atom stereocenters. The van der Waals surface area contributed by atoms with Gasteiger partial charge in [-0.2, -0.15) is 0 Å². The summed E-state index contributed by atoms with van der Waals surface area (Å²) in [4.78, 5) is 23.0. The largest absolute Gasteiger partial charge is 0.466 e. The number of esters is 2. The van der Waals surface area contributed by atoms with Crippen LogP contribution in [0.5, 0.6) is 0 Å². The molecule has 0 saturated heterocycles. The summed E-state index contributed by atoms with van der Waals surface area (Å²) in [5.41, 5.74) is 0. The molecule has 6 nitrogen and oxygen atoms in total. The Morgan fingerprint density at radius 2 is 1.62 bits per heavy atom. The first-order chi connectivity index (χ1) is 12.6. The van der Waals surface area contributed by atoms with E-state index in [9.17, 15) is 14.7 Å². The van der Waals surface area contributed by atoms with Crippen LogP contribution >= 0.6 is 0 Å². The highest BCUT2D eigenvalue weighted by Crippen LogP contribution is 2.06. The molecule has 0 aliphatic heterocycles. The molecule has 0 rings (SSSR count). The van der Waals surface area contributed by atoms with Crippen molar-refractivity contribution in [2.24, 2.45) is 0 Å². The Hall–Kier alpha value is -1.40. The van der Waals surface area contributed by atoms with Gasteiger partial charge in [0.05, 0.1) is 25.6 Å². The molecule has 0 aliphatic carbocycles. The highest BCUT2D eigenvalue weighted by atomic mass is 16.5. The molecule has 152 valence electrons. The molecule has 0 heterocycles. The molecule has 0 fully saturated rings. The van der Waals surface area contributed by atoms with Gasteiger partial charge in [0.15, 0.2) is 0 Å². The number of rotatable bonds is 17. The summed E-state index contributed by atoms with van der Waals surface area (Å²) >= 11 is 0. The lowest BCUT2D eigenvalue weighted by Gasteiger charge is -2.09. The highest BCUT2D eigenvalue weighted by molar-refractivity contribution is 5.77. The third kappa shape index (κ3) is 17.4. The zero-order valence-electron chi connectivity index (χ0n) is 16.2. The monoisotopic (exact) mass is 372 g/mol. The number of carbonyl (C=O) groups excluding carboxylic acids is 2. The lowest BCUT2D eigenvalue weighted by Crippen LogP contribution is -2.13. The Bertz CT molecular complexity index is 380. The lowest BCUT2D eigenvalue weighted by atomic mass is 10.1. The van der Waals surface area contributed by atoms with Crippen LogP contribution in [-0.4, -0.2) is 48.1 Å². The Kier molecular flexibility index (Phi) is 17.4. The van der Waals surface area contributed by atoms with Crippen LogP contribution in [0.4, 0.5) is 0 Å². The number of aliphatic hydroxyl groups is 2. The van der Waals surface area contributed by atoms with E-state index < -0.39 is 18.0 Å². The Morgan fingerprint density at radius 3 is 2.31 bits per heavy atom. The van der Waals surface area contributed by atoms with Crippen LogP contribution in [0.2, 0.25) is 0 Å². The van der Waals surface area contributed by atoms with Crippen LogP contribution in [0.25, 0.3) is 0 Å². The van der Waals surface area contributed by atoms with Crippen LogP contribution in [-0.2, 0) is 19.1 Å². The molecule has 0 aliphatic rings. The standard InChI is InChI=1S/C20H36O6/c1-2-3-4-5-6-7-8-16-25-19(23)13-14-20(24)26-17-10-12-18(22)11-9-15-21/h7-8,18,21-22H,2-6,9-17H2,1H3. The molecule has 26 heavy (non-hydrogen) atoms. The second-order valence-electron chi connectivity index (χ2n) is 6.39.